The van der Waals surface area contributed by atoms with Crippen molar-refractivity contribution in [3.63, 3.8) is 0 Å². The van der Waals surface area contributed by atoms with Gasteiger partial charge in [0.15, 0.2) is 0 Å². The second kappa shape index (κ2) is 4.63. The minimum Gasteiger partial charge on any atom is -0.241 e. The summed E-state index contributed by atoms with van der Waals surface area (Å²) in [7, 11) is 0. The van der Waals surface area contributed by atoms with Crippen molar-refractivity contribution < 1.29 is 4.39 Å². The molecule has 84 valence electrons. The van der Waals surface area contributed by atoms with Gasteiger partial charge in [0.1, 0.15) is 10.8 Å². The van der Waals surface area contributed by atoms with Gasteiger partial charge in [-0.05, 0) is 40.0 Å². The average molecular weight is 300 g/mol. The highest BCUT2D eigenvalue weighted by atomic mass is 79.9. The van der Waals surface area contributed by atoms with E-state index in [2.05, 4.69) is 40.1 Å². The lowest BCUT2D eigenvalue weighted by atomic mass is 10.1. The molecular weight excluding hydrogens is 289 g/mol. The van der Waals surface area contributed by atoms with Crippen molar-refractivity contribution in [1.82, 2.24) is 4.98 Å². The van der Waals surface area contributed by atoms with E-state index in [1.807, 2.05) is 0 Å². The topological polar surface area (TPSA) is 12.9 Å². The third-order valence-corrected chi connectivity index (χ3v) is 3.82. The van der Waals surface area contributed by atoms with Gasteiger partial charge in [-0.3, -0.25) is 0 Å². The fourth-order valence-electron chi connectivity index (χ4n) is 1.34. The third-order valence-electron chi connectivity index (χ3n) is 2.28. The molecule has 0 bridgehead atoms. The summed E-state index contributed by atoms with van der Waals surface area (Å²) in [5, 5.41) is 2.98. The van der Waals surface area contributed by atoms with Crippen LogP contribution in [0.4, 0.5) is 4.39 Å². The number of halogens is 2. The van der Waals surface area contributed by atoms with Crippen LogP contribution in [0, 0.1) is 5.82 Å². The van der Waals surface area contributed by atoms with Gasteiger partial charge in [-0.2, -0.15) is 0 Å². The maximum atomic E-state index is 12.9. The molecule has 0 N–H and O–H groups in total. The number of thiazole rings is 1. The Kier molecular flexibility index (Phi) is 3.40. The average Bonchev–Trinajstić information content (AvgIpc) is 2.66. The van der Waals surface area contributed by atoms with Crippen LogP contribution in [-0.4, -0.2) is 4.98 Å². The molecule has 0 aliphatic heterocycles. The van der Waals surface area contributed by atoms with Crippen molar-refractivity contribution in [2.24, 2.45) is 0 Å². The van der Waals surface area contributed by atoms with E-state index < -0.39 is 0 Å². The maximum Gasteiger partial charge on any atom is 0.124 e. The summed E-state index contributed by atoms with van der Waals surface area (Å²) >= 11 is 4.94. The lowest BCUT2D eigenvalue weighted by molar-refractivity contribution is 0.627. The van der Waals surface area contributed by atoms with Crippen LogP contribution in [0.2, 0.25) is 0 Å². The fourth-order valence-corrected chi connectivity index (χ4v) is 3.03. The zero-order chi connectivity index (χ0) is 11.7. The van der Waals surface area contributed by atoms with Gasteiger partial charge in [0.2, 0.25) is 0 Å². The standard InChI is InChI=1S/C12H11BrFNS/c1-7(2)11-6-16-12(15-11)9-4-3-8(14)5-10(9)13/h3-7H,1-2H3. The van der Waals surface area contributed by atoms with Gasteiger partial charge in [-0.15, -0.1) is 11.3 Å². The molecule has 0 spiro atoms. The lowest BCUT2D eigenvalue weighted by Gasteiger charge is -2.01. The quantitative estimate of drug-likeness (QED) is 0.773. The normalized spacial score (nSPS) is 11.1. The van der Waals surface area contributed by atoms with Crippen LogP contribution in [-0.2, 0) is 0 Å². The number of hydrogen-bond donors (Lipinski definition) is 0. The summed E-state index contributed by atoms with van der Waals surface area (Å²) in [6, 6.07) is 4.67. The van der Waals surface area contributed by atoms with Gasteiger partial charge >= 0.3 is 0 Å². The first-order valence-corrected chi connectivity index (χ1v) is 6.66. The van der Waals surface area contributed by atoms with Gasteiger partial charge < -0.3 is 0 Å². The number of hydrogen-bond acceptors (Lipinski definition) is 2. The summed E-state index contributed by atoms with van der Waals surface area (Å²) in [4.78, 5) is 4.54. The second-order valence-corrected chi connectivity index (χ2v) is 5.57. The zero-order valence-electron chi connectivity index (χ0n) is 9.00. The van der Waals surface area contributed by atoms with Gasteiger partial charge in [0.25, 0.3) is 0 Å². The van der Waals surface area contributed by atoms with Crippen LogP contribution in [0.1, 0.15) is 25.5 Å². The Labute approximate surface area is 106 Å². The molecule has 1 heterocycles. The largest absolute Gasteiger partial charge is 0.241 e. The van der Waals surface area contributed by atoms with Crippen molar-refractivity contribution >= 4 is 27.3 Å². The van der Waals surface area contributed by atoms with Crippen LogP contribution in [0.15, 0.2) is 28.1 Å². The number of rotatable bonds is 2. The molecule has 16 heavy (non-hydrogen) atoms. The summed E-state index contributed by atoms with van der Waals surface area (Å²) in [6.07, 6.45) is 0. The Hall–Kier alpha value is -0.740. The second-order valence-electron chi connectivity index (χ2n) is 3.86. The lowest BCUT2D eigenvalue weighted by Crippen LogP contribution is -1.87. The number of aromatic nitrogens is 1. The van der Waals surface area contributed by atoms with E-state index in [1.165, 1.54) is 12.1 Å². The minimum atomic E-state index is -0.240. The van der Waals surface area contributed by atoms with E-state index in [9.17, 15) is 4.39 Å². The highest BCUT2D eigenvalue weighted by Crippen LogP contribution is 2.32. The van der Waals surface area contributed by atoms with E-state index in [1.54, 1.807) is 17.4 Å². The predicted octanol–water partition coefficient (Wildman–Crippen LogP) is 4.84. The van der Waals surface area contributed by atoms with Crippen LogP contribution >= 0.6 is 27.3 Å². The molecule has 2 aromatic rings. The van der Waals surface area contributed by atoms with E-state index in [0.29, 0.717) is 5.92 Å². The van der Waals surface area contributed by atoms with Crippen LogP contribution in [0.5, 0.6) is 0 Å². The van der Waals surface area contributed by atoms with E-state index in [4.69, 9.17) is 0 Å². The molecule has 0 aliphatic rings. The van der Waals surface area contributed by atoms with Crippen molar-refractivity contribution in [2.45, 2.75) is 19.8 Å². The van der Waals surface area contributed by atoms with E-state index >= 15 is 0 Å². The Morgan fingerprint density at radius 3 is 2.69 bits per heavy atom. The molecule has 1 nitrogen and oxygen atoms in total. The molecule has 0 saturated heterocycles. The molecule has 0 radical (unpaired) electrons. The highest BCUT2D eigenvalue weighted by molar-refractivity contribution is 9.10. The molecular formula is C12H11BrFNS. The molecule has 1 aromatic carbocycles. The Bertz CT molecular complexity index is 507. The smallest absolute Gasteiger partial charge is 0.124 e. The summed E-state index contributed by atoms with van der Waals surface area (Å²) < 4.78 is 13.7. The molecule has 0 fully saturated rings. The van der Waals surface area contributed by atoms with Crippen molar-refractivity contribution in [3.8, 4) is 10.6 Å². The molecule has 0 unspecified atom stereocenters. The van der Waals surface area contributed by atoms with Gasteiger partial charge in [-0.25, -0.2) is 9.37 Å². The Balaban J connectivity index is 2.42. The molecule has 0 atom stereocenters. The number of benzene rings is 1. The predicted molar refractivity (Wildman–Crippen MR) is 69.3 cm³/mol. The zero-order valence-corrected chi connectivity index (χ0v) is 11.4. The summed E-state index contributed by atoms with van der Waals surface area (Å²) in [6.45, 7) is 4.22. The Morgan fingerprint density at radius 1 is 1.38 bits per heavy atom. The van der Waals surface area contributed by atoms with Crippen molar-refractivity contribution in [3.05, 3.63) is 39.6 Å². The highest BCUT2D eigenvalue weighted by Gasteiger charge is 2.10. The Morgan fingerprint density at radius 2 is 2.12 bits per heavy atom. The summed E-state index contributed by atoms with van der Waals surface area (Å²) in [5.41, 5.74) is 2.02. The van der Waals surface area contributed by atoms with E-state index in [0.717, 1.165) is 20.7 Å². The van der Waals surface area contributed by atoms with E-state index in [-0.39, 0.29) is 5.82 Å². The minimum absolute atomic E-state index is 0.240. The molecule has 4 heteroatoms. The third kappa shape index (κ3) is 2.33. The first-order valence-electron chi connectivity index (χ1n) is 4.99. The monoisotopic (exact) mass is 299 g/mol. The first kappa shape index (κ1) is 11.7. The fraction of sp³-hybridized carbons (Fsp3) is 0.250. The molecule has 0 amide bonds. The van der Waals surface area contributed by atoms with Crippen LogP contribution < -0.4 is 0 Å². The SMILES string of the molecule is CC(C)c1csc(-c2ccc(F)cc2Br)n1. The van der Waals surface area contributed by atoms with Crippen molar-refractivity contribution in [2.75, 3.05) is 0 Å². The molecule has 1 aromatic heterocycles. The maximum absolute atomic E-state index is 12.9. The van der Waals surface area contributed by atoms with Gasteiger partial charge in [0.05, 0.1) is 5.69 Å². The molecule has 0 saturated carbocycles. The molecule has 2 rings (SSSR count). The van der Waals surface area contributed by atoms with Crippen molar-refractivity contribution in [1.29, 1.82) is 0 Å². The summed E-state index contributed by atoms with van der Waals surface area (Å²) in [5.74, 6) is 0.181. The number of nitrogens with zero attached hydrogens (tertiary/aromatic N) is 1. The molecule has 0 aliphatic carbocycles. The first-order chi connectivity index (χ1) is 7.58. The van der Waals surface area contributed by atoms with Crippen LogP contribution in [0.25, 0.3) is 10.6 Å². The van der Waals surface area contributed by atoms with Crippen LogP contribution in [0.3, 0.4) is 0 Å². The van der Waals surface area contributed by atoms with Gasteiger partial charge in [-0.1, -0.05) is 13.8 Å². The van der Waals surface area contributed by atoms with Gasteiger partial charge in [0, 0.05) is 15.4 Å².